The lowest BCUT2D eigenvalue weighted by molar-refractivity contribution is -0.122. The van der Waals surface area contributed by atoms with E-state index in [4.69, 9.17) is 4.74 Å². The van der Waals surface area contributed by atoms with Crippen LogP contribution in [0.3, 0.4) is 0 Å². The molecule has 0 aromatic heterocycles. The molecule has 0 aliphatic rings. The number of nitrogens with one attached hydrogen (secondary N) is 1. The third-order valence-electron chi connectivity index (χ3n) is 3.64. The number of carbonyl (C=O) groups excluding carboxylic acids is 1. The van der Waals surface area contributed by atoms with Crippen LogP contribution in [0.15, 0.2) is 53.4 Å². The zero-order valence-electron chi connectivity index (χ0n) is 13.8. The van der Waals surface area contributed by atoms with Crippen molar-refractivity contribution in [2.45, 2.75) is 37.7 Å². The number of amides is 1. The fraction of sp³-hybridized carbons (Fsp3) is 0.316. The molecule has 4 heteroatoms. The third kappa shape index (κ3) is 4.76. The standard InChI is InChI=1S/C19H23NO2S/c1-4-14-10-12-15(13-11-14)22-17(5-2)19(21)20-16-8-6-7-9-18(16)23-3/h6-13,17H,4-5H2,1-3H3,(H,20,21)/t17-/m0/s1. The number of ether oxygens (including phenoxy) is 1. The summed E-state index contributed by atoms with van der Waals surface area (Å²) in [5.74, 6) is 0.607. The van der Waals surface area contributed by atoms with Crippen LogP contribution >= 0.6 is 11.8 Å². The molecule has 0 unspecified atom stereocenters. The summed E-state index contributed by atoms with van der Waals surface area (Å²) in [7, 11) is 0. The van der Waals surface area contributed by atoms with Gasteiger partial charge in [-0.05, 0) is 48.9 Å². The SMILES string of the molecule is CCc1ccc(O[C@@H](CC)C(=O)Nc2ccccc2SC)cc1. The minimum Gasteiger partial charge on any atom is -0.481 e. The van der Waals surface area contributed by atoms with E-state index < -0.39 is 6.10 Å². The van der Waals surface area contributed by atoms with Crippen molar-refractivity contribution in [2.75, 3.05) is 11.6 Å². The summed E-state index contributed by atoms with van der Waals surface area (Å²) in [5.41, 5.74) is 2.08. The van der Waals surface area contributed by atoms with Gasteiger partial charge in [0.15, 0.2) is 6.10 Å². The highest BCUT2D eigenvalue weighted by atomic mass is 32.2. The van der Waals surface area contributed by atoms with E-state index in [0.717, 1.165) is 22.8 Å². The van der Waals surface area contributed by atoms with Gasteiger partial charge in [0, 0.05) is 4.90 Å². The average molecular weight is 329 g/mol. The number of para-hydroxylation sites is 1. The van der Waals surface area contributed by atoms with Crippen molar-refractivity contribution in [3.63, 3.8) is 0 Å². The van der Waals surface area contributed by atoms with Crippen molar-refractivity contribution in [3.05, 3.63) is 54.1 Å². The second-order valence-corrected chi connectivity index (χ2v) is 6.05. The Bertz CT molecular complexity index is 640. The summed E-state index contributed by atoms with van der Waals surface area (Å²) >= 11 is 1.61. The first-order valence-electron chi connectivity index (χ1n) is 7.87. The Labute approximate surface area is 142 Å². The van der Waals surface area contributed by atoms with Gasteiger partial charge in [0.05, 0.1) is 5.69 Å². The van der Waals surface area contributed by atoms with Gasteiger partial charge < -0.3 is 10.1 Å². The van der Waals surface area contributed by atoms with Gasteiger partial charge in [0.25, 0.3) is 5.91 Å². The number of thioether (sulfide) groups is 1. The van der Waals surface area contributed by atoms with Gasteiger partial charge in [-0.1, -0.05) is 38.1 Å². The molecule has 0 saturated carbocycles. The van der Waals surface area contributed by atoms with E-state index in [2.05, 4.69) is 12.2 Å². The van der Waals surface area contributed by atoms with E-state index in [0.29, 0.717) is 6.42 Å². The highest BCUT2D eigenvalue weighted by molar-refractivity contribution is 7.98. The fourth-order valence-electron chi connectivity index (χ4n) is 2.25. The van der Waals surface area contributed by atoms with Crippen LogP contribution in [0.5, 0.6) is 5.75 Å². The lowest BCUT2D eigenvalue weighted by Crippen LogP contribution is -2.32. The highest BCUT2D eigenvalue weighted by Gasteiger charge is 2.19. The van der Waals surface area contributed by atoms with Crippen molar-refractivity contribution in [1.29, 1.82) is 0 Å². The molecule has 2 aromatic rings. The maximum absolute atomic E-state index is 12.5. The largest absolute Gasteiger partial charge is 0.481 e. The molecule has 122 valence electrons. The number of benzene rings is 2. The van der Waals surface area contributed by atoms with Gasteiger partial charge in [-0.15, -0.1) is 11.8 Å². The van der Waals surface area contributed by atoms with Gasteiger partial charge >= 0.3 is 0 Å². The Balaban J connectivity index is 2.05. The minimum absolute atomic E-state index is 0.117. The summed E-state index contributed by atoms with van der Waals surface area (Å²) in [6.45, 7) is 4.06. The summed E-state index contributed by atoms with van der Waals surface area (Å²) in [6, 6.07) is 15.7. The van der Waals surface area contributed by atoms with Crippen molar-refractivity contribution in [3.8, 4) is 5.75 Å². The Kier molecular flexibility index (Phi) is 6.53. The van der Waals surface area contributed by atoms with Crippen LogP contribution in [0.1, 0.15) is 25.8 Å². The topological polar surface area (TPSA) is 38.3 Å². The maximum Gasteiger partial charge on any atom is 0.265 e. The first-order chi connectivity index (χ1) is 11.2. The number of rotatable bonds is 7. The average Bonchev–Trinajstić information content (AvgIpc) is 2.60. The van der Waals surface area contributed by atoms with E-state index in [1.54, 1.807) is 11.8 Å². The smallest absolute Gasteiger partial charge is 0.265 e. The zero-order valence-corrected chi connectivity index (χ0v) is 14.7. The second kappa shape index (κ2) is 8.63. The Morgan fingerprint density at radius 3 is 2.43 bits per heavy atom. The molecular formula is C19H23NO2S. The molecule has 1 atom stereocenters. The zero-order chi connectivity index (χ0) is 16.7. The molecular weight excluding hydrogens is 306 g/mol. The van der Waals surface area contributed by atoms with E-state index in [1.807, 2.05) is 61.7 Å². The number of carbonyl (C=O) groups is 1. The molecule has 1 N–H and O–H groups in total. The van der Waals surface area contributed by atoms with Crippen LogP contribution in [-0.2, 0) is 11.2 Å². The maximum atomic E-state index is 12.5. The van der Waals surface area contributed by atoms with E-state index in [1.165, 1.54) is 5.56 Å². The van der Waals surface area contributed by atoms with Crippen LogP contribution in [0.25, 0.3) is 0 Å². The Morgan fingerprint density at radius 2 is 1.83 bits per heavy atom. The summed E-state index contributed by atoms with van der Waals surface area (Å²) in [6.07, 6.45) is 3.10. The first kappa shape index (κ1) is 17.4. The number of hydrogen-bond donors (Lipinski definition) is 1. The molecule has 0 saturated heterocycles. The van der Waals surface area contributed by atoms with Gasteiger partial charge in [-0.2, -0.15) is 0 Å². The highest BCUT2D eigenvalue weighted by Crippen LogP contribution is 2.25. The van der Waals surface area contributed by atoms with E-state index in [9.17, 15) is 4.79 Å². The quantitative estimate of drug-likeness (QED) is 0.744. The molecule has 0 aliphatic heterocycles. The fourth-order valence-corrected chi connectivity index (χ4v) is 2.81. The molecule has 23 heavy (non-hydrogen) atoms. The summed E-state index contributed by atoms with van der Waals surface area (Å²) < 4.78 is 5.85. The van der Waals surface area contributed by atoms with Gasteiger partial charge in [0.1, 0.15) is 5.75 Å². The Hall–Kier alpha value is -1.94. The number of hydrogen-bond acceptors (Lipinski definition) is 3. The summed E-state index contributed by atoms with van der Waals surface area (Å²) in [4.78, 5) is 13.5. The van der Waals surface area contributed by atoms with E-state index in [-0.39, 0.29) is 5.91 Å². The molecule has 0 bridgehead atoms. The molecule has 3 nitrogen and oxygen atoms in total. The molecule has 0 radical (unpaired) electrons. The van der Waals surface area contributed by atoms with Crippen LogP contribution < -0.4 is 10.1 Å². The normalized spacial score (nSPS) is 11.8. The van der Waals surface area contributed by atoms with Crippen LogP contribution in [0, 0.1) is 0 Å². The molecule has 0 spiro atoms. The molecule has 2 aromatic carbocycles. The van der Waals surface area contributed by atoms with Crippen LogP contribution in [-0.4, -0.2) is 18.3 Å². The predicted molar refractivity (Wildman–Crippen MR) is 97.4 cm³/mol. The monoisotopic (exact) mass is 329 g/mol. The molecule has 0 aliphatic carbocycles. The van der Waals surface area contributed by atoms with Crippen LogP contribution in [0.4, 0.5) is 5.69 Å². The van der Waals surface area contributed by atoms with E-state index >= 15 is 0 Å². The second-order valence-electron chi connectivity index (χ2n) is 5.20. The molecule has 1 amide bonds. The predicted octanol–water partition coefficient (Wildman–Crippen LogP) is 4.77. The molecule has 0 fully saturated rings. The van der Waals surface area contributed by atoms with Crippen molar-refractivity contribution in [1.82, 2.24) is 0 Å². The van der Waals surface area contributed by atoms with Crippen molar-refractivity contribution in [2.24, 2.45) is 0 Å². The lowest BCUT2D eigenvalue weighted by Gasteiger charge is -2.18. The van der Waals surface area contributed by atoms with Crippen LogP contribution in [0.2, 0.25) is 0 Å². The van der Waals surface area contributed by atoms with Crippen molar-refractivity contribution < 1.29 is 9.53 Å². The Morgan fingerprint density at radius 1 is 1.13 bits per heavy atom. The third-order valence-corrected chi connectivity index (χ3v) is 4.43. The van der Waals surface area contributed by atoms with Gasteiger partial charge in [0.2, 0.25) is 0 Å². The summed E-state index contributed by atoms with van der Waals surface area (Å²) in [5, 5.41) is 2.97. The number of aryl methyl sites for hydroxylation is 1. The lowest BCUT2D eigenvalue weighted by atomic mass is 10.1. The van der Waals surface area contributed by atoms with Gasteiger partial charge in [-0.25, -0.2) is 0 Å². The molecule has 2 rings (SSSR count). The number of anilines is 1. The minimum atomic E-state index is -0.502. The molecule has 0 heterocycles. The van der Waals surface area contributed by atoms with Gasteiger partial charge in [-0.3, -0.25) is 4.79 Å². The first-order valence-corrected chi connectivity index (χ1v) is 9.09. The van der Waals surface area contributed by atoms with Crippen molar-refractivity contribution >= 4 is 23.4 Å².